The molecule has 1 aromatic rings. The number of aromatic nitrogens is 1. The van der Waals surface area contributed by atoms with Gasteiger partial charge in [0.15, 0.2) is 17.5 Å². The first-order valence-corrected chi connectivity index (χ1v) is 20.1. The minimum Gasteiger partial charge on any atom is -0.454 e. The monoisotopic (exact) mass is 769 g/mol. The second-order valence-electron chi connectivity index (χ2n) is 16.5. The molecule has 4 aliphatic rings. The normalized spacial score (nSPS) is 41.0. The third-order valence-corrected chi connectivity index (χ3v) is 12.2. The first-order valence-electron chi connectivity index (χ1n) is 19.2. The molecule has 304 valence electrons. The largest absolute Gasteiger partial charge is 0.454 e. The average molecular weight is 770 g/mol. The van der Waals surface area contributed by atoms with Crippen molar-refractivity contribution in [2.45, 2.75) is 154 Å². The highest BCUT2D eigenvalue weighted by Gasteiger charge is 2.52. The van der Waals surface area contributed by atoms with Crippen LogP contribution in [0.1, 0.15) is 87.3 Å². The van der Waals surface area contributed by atoms with E-state index in [1.165, 1.54) is 0 Å². The third kappa shape index (κ3) is 10.6. The van der Waals surface area contributed by atoms with E-state index < -0.39 is 53.7 Å². The Labute approximate surface area is 320 Å². The summed E-state index contributed by atoms with van der Waals surface area (Å²) in [5, 5.41) is 39.1. The van der Waals surface area contributed by atoms with Gasteiger partial charge in [-0.25, -0.2) is 9.98 Å². The highest BCUT2D eigenvalue weighted by Crippen LogP contribution is 2.38. The summed E-state index contributed by atoms with van der Waals surface area (Å²) in [7, 11) is 5.60. The second-order valence-corrected chi connectivity index (χ2v) is 17.3. The van der Waals surface area contributed by atoms with Crippen LogP contribution in [-0.4, -0.2) is 144 Å². The van der Waals surface area contributed by atoms with Crippen LogP contribution in [0.2, 0.25) is 0 Å². The van der Waals surface area contributed by atoms with Crippen LogP contribution in [0, 0.1) is 17.8 Å². The van der Waals surface area contributed by atoms with Gasteiger partial charge in [-0.1, -0.05) is 20.8 Å². The molecule has 13 atom stereocenters. The van der Waals surface area contributed by atoms with Crippen LogP contribution in [0.15, 0.2) is 10.4 Å². The molecular formula is C38H67N5O9S. The quantitative estimate of drug-likeness (QED) is 0.354. The highest BCUT2D eigenvalue weighted by molar-refractivity contribution is 7.13. The number of aliphatic hydroxyl groups excluding tert-OH is 2. The molecule has 0 aliphatic carbocycles. The number of thiazole rings is 1. The lowest BCUT2D eigenvalue weighted by atomic mass is 9.78. The zero-order valence-corrected chi connectivity index (χ0v) is 34.8. The van der Waals surface area contributed by atoms with Gasteiger partial charge in [0.2, 0.25) is 5.91 Å². The lowest BCUT2D eigenvalue weighted by Gasteiger charge is -2.45. The Hall–Kier alpha value is -2.11. The molecule has 0 unspecified atom stereocenters. The molecule has 4 aliphatic heterocycles. The molecule has 0 spiro atoms. The number of ether oxygens (including phenoxy) is 5. The van der Waals surface area contributed by atoms with Crippen LogP contribution >= 0.6 is 11.3 Å². The van der Waals surface area contributed by atoms with Crippen LogP contribution in [-0.2, 0) is 34.9 Å². The molecule has 0 radical (unpaired) electrons. The fourth-order valence-corrected chi connectivity index (χ4v) is 8.83. The number of hydrogen-bond donors (Lipinski definition) is 4. The van der Waals surface area contributed by atoms with E-state index >= 15 is 0 Å². The standard InChI is InChI=1S/C30H51N5O6S.C8H16O3/c1-16(2)32-28-35(9)22-12-18(4)39-27(24(22)40-28)41-25-19(5)23(36)20(6)26(37)31-11-10-21-15-42-29(33-21)34(8)14-17(3)13-30(25,7)38;1-6-7(9)8(2,10-3)4-5-11-6/h15-20,22-25,27,36,38H,10-14H2,1-9H3,(H,31,37);6-7,9H,4-5H2,1-3H3/t17-,18-,19+,20-,22+,23+,24-,25-,27+,30-;6-,7-,8+/m10/s1. The maximum Gasteiger partial charge on any atom is 0.288 e. The Morgan fingerprint density at radius 3 is 2.49 bits per heavy atom. The molecule has 3 saturated heterocycles. The Morgan fingerprint density at radius 2 is 1.85 bits per heavy atom. The molecule has 5 heterocycles. The second kappa shape index (κ2) is 18.2. The number of hydrogen-bond acceptors (Lipinski definition) is 13. The van der Waals surface area contributed by atoms with Gasteiger partial charge < -0.3 is 54.1 Å². The lowest BCUT2D eigenvalue weighted by molar-refractivity contribution is -0.288. The number of carbonyl (C=O) groups is 1. The smallest absolute Gasteiger partial charge is 0.288 e. The number of likely N-dealkylation sites (N-methyl/N-ethyl adjacent to an activating group) is 1. The predicted molar refractivity (Wildman–Crippen MR) is 205 cm³/mol. The van der Waals surface area contributed by atoms with Crippen molar-refractivity contribution in [2.75, 3.05) is 45.8 Å². The van der Waals surface area contributed by atoms with Crippen LogP contribution in [0.4, 0.5) is 5.13 Å². The summed E-state index contributed by atoms with van der Waals surface area (Å²) in [6, 6.07) is 0.608. The van der Waals surface area contributed by atoms with Crippen molar-refractivity contribution in [3.8, 4) is 0 Å². The van der Waals surface area contributed by atoms with Gasteiger partial charge in [0, 0.05) is 71.1 Å². The van der Waals surface area contributed by atoms with Crippen molar-refractivity contribution >= 4 is 28.4 Å². The van der Waals surface area contributed by atoms with E-state index in [0.717, 1.165) is 23.7 Å². The Balaban J connectivity index is 0.000000488. The van der Waals surface area contributed by atoms with Crippen molar-refractivity contribution in [1.82, 2.24) is 15.2 Å². The van der Waals surface area contributed by atoms with Crippen molar-refractivity contribution in [3.05, 3.63) is 11.1 Å². The fraction of sp³-hybridized carbons (Fsp3) is 0.868. The summed E-state index contributed by atoms with van der Waals surface area (Å²) in [4.78, 5) is 26.6. The number of methoxy groups -OCH3 is 1. The summed E-state index contributed by atoms with van der Waals surface area (Å²) in [5.74, 6) is -1.50. The Kier molecular flexibility index (Phi) is 15.0. The van der Waals surface area contributed by atoms with E-state index in [4.69, 9.17) is 28.7 Å². The van der Waals surface area contributed by atoms with Crippen molar-refractivity contribution in [3.63, 3.8) is 0 Å². The third-order valence-electron chi connectivity index (χ3n) is 11.2. The number of aliphatic imine (C=N–C) groups is 1. The molecular weight excluding hydrogens is 703 g/mol. The molecule has 4 N–H and O–H groups in total. The van der Waals surface area contributed by atoms with E-state index in [2.05, 4.69) is 22.1 Å². The van der Waals surface area contributed by atoms with Crippen LogP contribution < -0.4 is 10.2 Å². The minimum absolute atomic E-state index is 0.00640. The molecule has 2 bridgehead atoms. The first-order chi connectivity index (χ1) is 24.8. The summed E-state index contributed by atoms with van der Waals surface area (Å²) >= 11 is 1.57. The molecule has 1 amide bonds. The zero-order chi connectivity index (χ0) is 39.4. The molecule has 14 nitrogen and oxygen atoms in total. The summed E-state index contributed by atoms with van der Waals surface area (Å²) in [5.41, 5.74) is -0.858. The lowest BCUT2D eigenvalue weighted by Crippen LogP contribution is -2.57. The zero-order valence-electron chi connectivity index (χ0n) is 33.9. The van der Waals surface area contributed by atoms with Gasteiger partial charge in [-0.3, -0.25) is 4.79 Å². The number of carbonyl (C=O) groups excluding carboxylic acids is 1. The van der Waals surface area contributed by atoms with Gasteiger partial charge in [-0.15, -0.1) is 11.3 Å². The molecule has 3 fully saturated rings. The van der Waals surface area contributed by atoms with Crippen molar-refractivity contribution in [1.29, 1.82) is 0 Å². The SMILES string of the molecule is CC(C)N=C1O[C@H]2[C@H](O[C@@H]3[C@@H](C)[C@H](O)[C@@H](C)C(=O)NCCc4csc(n4)N(C)C[C@H](C)C[C@@]3(C)O)O[C@H](C)C[C@@H]2N1C.CO[C@]1(C)CCO[C@@H](C)[C@@H]1O. The minimum atomic E-state index is -1.36. The van der Waals surface area contributed by atoms with E-state index in [1.54, 1.807) is 32.3 Å². The number of amides is 1. The number of nitrogens with one attached hydrogen (secondary N) is 1. The highest BCUT2D eigenvalue weighted by atomic mass is 32.1. The maximum atomic E-state index is 13.1. The van der Waals surface area contributed by atoms with Gasteiger partial charge in [0.1, 0.15) is 6.10 Å². The van der Waals surface area contributed by atoms with Gasteiger partial charge in [-0.05, 0) is 60.3 Å². The van der Waals surface area contributed by atoms with Crippen molar-refractivity contribution in [2.24, 2.45) is 22.7 Å². The average Bonchev–Trinajstić information content (AvgIpc) is 3.68. The molecule has 0 saturated carbocycles. The molecule has 0 aromatic carbocycles. The van der Waals surface area contributed by atoms with Gasteiger partial charge in [-0.2, -0.15) is 0 Å². The van der Waals surface area contributed by atoms with E-state index in [1.807, 2.05) is 65.9 Å². The molecule has 1 aromatic heterocycles. The van der Waals surface area contributed by atoms with Crippen LogP contribution in [0.25, 0.3) is 0 Å². The molecule has 53 heavy (non-hydrogen) atoms. The van der Waals surface area contributed by atoms with Gasteiger partial charge in [0.25, 0.3) is 6.02 Å². The summed E-state index contributed by atoms with van der Waals surface area (Å²) in [6.45, 7) is 19.0. The topological polar surface area (TPSA) is 168 Å². The maximum absolute atomic E-state index is 13.1. The number of amidine groups is 1. The van der Waals surface area contributed by atoms with E-state index in [0.29, 0.717) is 38.6 Å². The number of fused-ring (bicyclic) bond motifs is 3. The number of rotatable bonds is 4. The van der Waals surface area contributed by atoms with Gasteiger partial charge in [0.05, 0.1) is 53.3 Å². The predicted octanol–water partition coefficient (Wildman–Crippen LogP) is 3.21. The van der Waals surface area contributed by atoms with Gasteiger partial charge >= 0.3 is 0 Å². The van der Waals surface area contributed by atoms with Crippen molar-refractivity contribution < 1.29 is 43.8 Å². The Morgan fingerprint density at radius 1 is 1.15 bits per heavy atom. The summed E-state index contributed by atoms with van der Waals surface area (Å²) in [6.07, 6.45) is -1.40. The number of aliphatic hydroxyl groups is 3. The molecule has 5 rings (SSSR count). The number of nitrogens with zero attached hydrogens (tertiary/aromatic N) is 4. The first kappa shape index (κ1) is 43.6. The Bertz CT molecular complexity index is 1360. The van der Waals surface area contributed by atoms with E-state index in [-0.39, 0.29) is 36.1 Å². The van der Waals surface area contributed by atoms with Crippen LogP contribution in [0.5, 0.6) is 0 Å². The number of anilines is 1. The molecule has 15 heteroatoms. The summed E-state index contributed by atoms with van der Waals surface area (Å²) < 4.78 is 29.8. The van der Waals surface area contributed by atoms with Crippen LogP contribution in [0.3, 0.4) is 0 Å². The van der Waals surface area contributed by atoms with E-state index in [9.17, 15) is 20.1 Å². The fourth-order valence-electron chi connectivity index (χ4n) is 8.00.